The van der Waals surface area contributed by atoms with Crippen molar-refractivity contribution in [3.8, 4) is 11.3 Å². The zero-order valence-electron chi connectivity index (χ0n) is 12.0. The molecule has 1 aliphatic carbocycles. The van der Waals surface area contributed by atoms with Crippen LogP contribution in [0.1, 0.15) is 54.1 Å². The smallest absolute Gasteiger partial charge is 0.337 e. The average molecular weight is 281 g/mol. The maximum absolute atomic E-state index is 11.4. The Morgan fingerprint density at radius 2 is 1.71 bits per heavy atom. The lowest BCUT2D eigenvalue weighted by atomic mass is 9.86. The highest BCUT2D eigenvalue weighted by molar-refractivity contribution is 5.94. The monoisotopic (exact) mass is 281 g/mol. The van der Waals surface area contributed by atoms with Gasteiger partial charge in [-0.05, 0) is 25.0 Å². The standard InChI is InChI=1S/C18H19NO2/c20-18(21)15-11-12-16(13-7-3-1-4-8-13)19-17(15)14-9-5-2-6-10-14/h2,5-6,9-13H,1,3-4,7-8H2,(H,20,21). The highest BCUT2D eigenvalue weighted by Gasteiger charge is 2.20. The Balaban J connectivity index is 2.04. The molecule has 1 fully saturated rings. The fourth-order valence-electron chi connectivity index (χ4n) is 3.09. The zero-order chi connectivity index (χ0) is 14.7. The molecular formula is C18H19NO2. The van der Waals surface area contributed by atoms with Gasteiger partial charge in [-0.1, -0.05) is 49.6 Å². The summed E-state index contributed by atoms with van der Waals surface area (Å²) in [5.74, 6) is -0.444. The minimum absolute atomic E-state index is 0.278. The van der Waals surface area contributed by atoms with Crippen LogP contribution in [0.5, 0.6) is 0 Å². The summed E-state index contributed by atoms with van der Waals surface area (Å²) in [6.45, 7) is 0. The molecule has 0 bridgehead atoms. The van der Waals surface area contributed by atoms with Crippen molar-refractivity contribution < 1.29 is 9.90 Å². The average Bonchev–Trinajstić information content (AvgIpc) is 2.56. The van der Waals surface area contributed by atoms with Gasteiger partial charge in [-0.2, -0.15) is 0 Å². The molecule has 0 aliphatic heterocycles. The van der Waals surface area contributed by atoms with Gasteiger partial charge in [0.05, 0.1) is 11.3 Å². The molecule has 1 aromatic heterocycles. The number of rotatable bonds is 3. The van der Waals surface area contributed by atoms with Crippen LogP contribution in [0, 0.1) is 0 Å². The lowest BCUT2D eigenvalue weighted by Crippen LogP contribution is -2.09. The molecule has 3 heteroatoms. The molecule has 0 radical (unpaired) electrons. The van der Waals surface area contributed by atoms with E-state index < -0.39 is 5.97 Å². The van der Waals surface area contributed by atoms with Gasteiger partial charge in [-0.25, -0.2) is 4.79 Å². The topological polar surface area (TPSA) is 50.2 Å². The Morgan fingerprint density at radius 1 is 1.00 bits per heavy atom. The van der Waals surface area contributed by atoms with Crippen LogP contribution in [0.15, 0.2) is 42.5 Å². The van der Waals surface area contributed by atoms with Crippen molar-refractivity contribution in [1.29, 1.82) is 0 Å². The molecule has 0 saturated heterocycles. The van der Waals surface area contributed by atoms with Gasteiger partial charge in [-0.3, -0.25) is 4.98 Å². The van der Waals surface area contributed by atoms with Gasteiger partial charge in [0.15, 0.2) is 0 Å². The fourth-order valence-corrected chi connectivity index (χ4v) is 3.09. The van der Waals surface area contributed by atoms with E-state index in [0.717, 1.165) is 24.1 Å². The molecule has 0 spiro atoms. The molecule has 1 aliphatic rings. The second kappa shape index (κ2) is 6.08. The van der Waals surface area contributed by atoms with E-state index in [1.165, 1.54) is 19.3 Å². The number of aromatic nitrogens is 1. The van der Waals surface area contributed by atoms with Crippen molar-refractivity contribution >= 4 is 5.97 Å². The number of benzene rings is 1. The van der Waals surface area contributed by atoms with E-state index in [-0.39, 0.29) is 5.56 Å². The first kappa shape index (κ1) is 13.8. The van der Waals surface area contributed by atoms with Crippen LogP contribution in [-0.4, -0.2) is 16.1 Å². The zero-order valence-corrected chi connectivity index (χ0v) is 12.0. The van der Waals surface area contributed by atoms with Gasteiger partial charge in [0.1, 0.15) is 0 Å². The lowest BCUT2D eigenvalue weighted by molar-refractivity contribution is 0.0697. The Morgan fingerprint density at radius 3 is 2.38 bits per heavy atom. The summed E-state index contributed by atoms with van der Waals surface area (Å²) in [5, 5.41) is 9.39. The van der Waals surface area contributed by atoms with Crippen LogP contribution in [0.4, 0.5) is 0 Å². The fraction of sp³-hybridized carbons (Fsp3) is 0.333. The largest absolute Gasteiger partial charge is 0.478 e. The molecule has 3 nitrogen and oxygen atoms in total. The molecule has 21 heavy (non-hydrogen) atoms. The molecule has 3 rings (SSSR count). The Hall–Kier alpha value is -2.16. The number of carboxylic acids is 1. The highest BCUT2D eigenvalue weighted by Crippen LogP contribution is 2.33. The Kier molecular flexibility index (Phi) is 4.00. The van der Waals surface area contributed by atoms with Gasteiger partial charge >= 0.3 is 5.97 Å². The normalized spacial score (nSPS) is 15.8. The van der Waals surface area contributed by atoms with Crippen LogP contribution in [0.2, 0.25) is 0 Å². The summed E-state index contributed by atoms with van der Waals surface area (Å²) in [6, 6.07) is 13.2. The number of hydrogen-bond acceptors (Lipinski definition) is 2. The van der Waals surface area contributed by atoms with E-state index in [0.29, 0.717) is 11.6 Å². The summed E-state index contributed by atoms with van der Waals surface area (Å²) in [4.78, 5) is 16.1. The predicted octanol–water partition coefficient (Wildman–Crippen LogP) is 4.49. The van der Waals surface area contributed by atoms with E-state index in [1.54, 1.807) is 6.07 Å². The molecule has 108 valence electrons. The molecule has 2 aromatic rings. The van der Waals surface area contributed by atoms with Crippen molar-refractivity contribution in [2.75, 3.05) is 0 Å². The molecule has 0 atom stereocenters. The predicted molar refractivity (Wildman–Crippen MR) is 82.5 cm³/mol. The summed E-state index contributed by atoms with van der Waals surface area (Å²) in [6.07, 6.45) is 6.11. The van der Waals surface area contributed by atoms with Crippen molar-refractivity contribution in [2.45, 2.75) is 38.0 Å². The van der Waals surface area contributed by atoms with Crippen LogP contribution >= 0.6 is 0 Å². The van der Waals surface area contributed by atoms with Crippen LogP contribution in [0.25, 0.3) is 11.3 Å². The Bertz CT molecular complexity index is 631. The maximum atomic E-state index is 11.4. The molecular weight excluding hydrogens is 262 g/mol. The highest BCUT2D eigenvalue weighted by atomic mass is 16.4. The van der Waals surface area contributed by atoms with Crippen LogP contribution in [-0.2, 0) is 0 Å². The first-order valence-corrected chi connectivity index (χ1v) is 7.55. The second-order valence-electron chi connectivity index (χ2n) is 5.64. The number of carbonyl (C=O) groups is 1. The SMILES string of the molecule is O=C(O)c1ccc(C2CCCCC2)nc1-c1ccccc1. The van der Waals surface area contributed by atoms with Gasteiger partial charge in [-0.15, -0.1) is 0 Å². The first-order chi connectivity index (χ1) is 10.3. The number of hydrogen-bond donors (Lipinski definition) is 1. The number of aromatic carboxylic acids is 1. The first-order valence-electron chi connectivity index (χ1n) is 7.55. The number of carboxylic acid groups (broad SMARTS) is 1. The molecule has 0 unspecified atom stereocenters. The number of nitrogens with zero attached hydrogens (tertiary/aromatic N) is 1. The molecule has 1 N–H and O–H groups in total. The van der Waals surface area contributed by atoms with Crippen LogP contribution in [0.3, 0.4) is 0 Å². The van der Waals surface area contributed by atoms with E-state index in [9.17, 15) is 9.90 Å². The van der Waals surface area contributed by atoms with Crippen molar-refractivity contribution in [3.05, 3.63) is 53.7 Å². The summed E-state index contributed by atoms with van der Waals surface area (Å²) in [5.41, 5.74) is 2.78. The number of pyridine rings is 1. The van der Waals surface area contributed by atoms with Gasteiger partial charge in [0.25, 0.3) is 0 Å². The van der Waals surface area contributed by atoms with Crippen LogP contribution < -0.4 is 0 Å². The van der Waals surface area contributed by atoms with Gasteiger partial charge < -0.3 is 5.11 Å². The van der Waals surface area contributed by atoms with E-state index >= 15 is 0 Å². The molecule has 1 heterocycles. The lowest BCUT2D eigenvalue weighted by Gasteiger charge is -2.22. The maximum Gasteiger partial charge on any atom is 0.337 e. The third-order valence-electron chi connectivity index (χ3n) is 4.22. The summed E-state index contributed by atoms with van der Waals surface area (Å²) < 4.78 is 0. The molecule has 0 amide bonds. The quantitative estimate of drug-likeness (QED) is 0.901. The third-order valence-corrected chi connectivity index (χ3v) is 4.22. The second-order valence-corrected chi connectivity index (χ2v) is 5.64. The van der Waals surface area contributed by atoms with E-state index in [4.69, 9.17) is 4.98 Å². The third kappa shape index (κ3) is 2.97. The van der Waals surface area contributed by atoms with Crippen molar-refractivity contribution in [3.63, 3.8) is 0 Å². The van der Waals surface area contributed by atoms with E-state index in [2.05, 4.69) is 0 Å². The molecule has 1 saturated carbocycles. The van der Waals surface area contributed by atoms with Crippen molar-refractivity contribution in [2.24, 2.45) is 0 Å². The van der Waals surface area contributed by atoms with Gasteiger partial charge in [0, 0.05) is 17.2 Å². The minimum Gasteiger partial charge on any atom is -0.478 e. The van der Waals surface area contributed by atoms with E-state index in [1.807, 2.05) is 36.4 Å². The Labute approximate surface area is 124 Å². The molecule has 1 aromatic carbocycles. The summed E-state index contributed by atoms with van der Waals surface area (Å²) >= 11 is 0. The van der Waals surface area contributed by atoms with Crippen molar-refractivity contribution in [1.82, 2.24) is 4.98 Å². The summed E-state index contributed by atoms with van der Waals surface area (Å²) in [7, 11) is 0. The van der Waals surface area contributed by atoms with Gasteiger partial charge in [0.2, 0.25) is 0 Å². The minimum atomic E-state index is -0.920.